The van der Waals surface area contributed by atoms with Gasteiger partial charge in [0.1, 0.15) is 13.2 Å². The van der Waals surface area contributed by atoms with Crippen LogP contribution in [0.2, 0.25) is 0 Å². The first-order valence-corrected chi connectivity index (χ1v) is 9.73. The van der Waals surface area contributed by atoms with E-state index < -0.39 is 0 Å². The van der Waals surface area contributed by atoms with Gasteiger partial charge in [-0.3, -0.25) is 4.79 Å². The van der Waals surface area contributed by atoms with Crippen molar-refractivity contribution in [3.05, 3.63) is 23.8 Å². The lowest BCUT2D eigenvalue weighted by Gasteiger charge is -2.23. The van der Waals surface area contributed by atoms with Crippen LogP contribution in [0.25, 0.3) is 0 Å². The van der Waals surface area contributed by atoms with Crippen molar-refractivity contribution < 1.29 is 14.3 Å². The smallest absolute Gasteiger partial charge is 0.221 e. The second kappa shape index (κ2) is 7.53. The number of hydrogen-bond donors (Lipinski definition) is 1. The van der Waals surface area contributed by atoms with Crippen molar-refractivity contribution in [3.63, 3.8) is 0 Å². The van der Waals surface area contributed by atoms with Crippen molar-refractivity contribution in [2.75, 3.05) is 19.0 Å². The fourth-order valence-electron chi connectivity index (χ4n) is 2.98. The Kier molecular flexibility index (Phi) is 4.96. The van der Waals surface area contributed by atoms with E-state index in [0.717, 1.165) is 29.9 Å². The van der Waals surface area contributed by atoms with Crippen molar-refractivity contribution in [3.8, 4) is 11.5 Å². The number of nitrogens with one attached hydrogen (secondary N) is 1. The van der Waals surface area contributed by atoms with Gasteiger partial charge in [0.05, 0.1) is 6.04 Å². The molecule has 1 N–H and O–H groups in total. The lowest BCUT2D eigenvalue weighted by molar-refractivity contribution is -0.121. The normalized spacial score (nSPS) is 17.0. The van der Waals surface area contributed by atoms with Crippen LogP contribution in [0.1, 0.15) is 30.9 Å². The number of aryl methyl sites for hydroxylation is 1. The second-order valence-corrected chi connectivity index (χ2v) is 7.53. The number of hydrogen-bond acceptors (Lipinski definition) is 7. The van der Waals surface area contributed by atoms with Crippen molar-refractivity contribution >= 4 is 17.7 Å². The number of rotatable bonds is 7. The predicted octanol–water partition coefficient (Wildman–Crippen LogP) is 1.73. The van der Waals surface area contributed by atoms with Gasteiger partial charge in [-0.1, -0.05) is 17.8 Å². The lowest BCUT2D eigenvalue weighted by atomic mass is 10.0. The molecule has 2 heterocycles. The van der Waals surface area contributed by atoms with E-state index in [2.05, 4.69) is 20.8 Å². The van der Waals surface area contributed by atoms with Gasteiger partial charge in [-0.15, -0.1) is 5.10 Å². The minimum absolute atomic E-state index is 0.0276. The van der Waals surface area contributed by atoms with Gasteiger partial charge in [0, 0.05) is 19.2 Å². The summed E-state index contributed by atoms with van der Waals surface area (Å²) in [6, 6.07) is 5.98. The number of nitrogens with zero attached hydrogens (tertiary/aromatic N) is 4. The van der Waals surface area contributed by atoms with Crippen LogP contribution in [0, 0.1) is 5.92 Å². The average Bonchev–Trinajstić information content (AvgIpc) is 3.42. The molecule has 138 valence electrons. The highest BCUT2D eigenvalue weighted by Gasteiger charge is 2.34. The molecule has 26 heavy (non-hydrogen) atoms. The molecule has 9 heteroatoms. The van der Waals surface area contributed by atoms with Crippen molar-refractivity contribution in [2.24, 2.45) is 13.0 Å². The van der Waals surface area contributed by atoms with Crippen molar-refractivity contribution in [1.82, 2.24) is 25.5 Å². The number of amides is 1. The quantitative estimate of drug-likeness (QED) is 0.737. The maximum atomic E-state index is 12.4. The Bertz CT molecular complexity index is 792. The number of ether oxygens (including phenoxy) is 2. The Morgan fingerprint density at radius 3 is 2.88 bits per heavy atom. The summed E-state index contributed by atoms with van der Waals surface area (Å²) >= 11 is 1.48. The van der Waals surface area contributed by atoms with E-state index in [9.17, 15) is 4.79 Å². The summed E-state index contributed by atoms with van der Waals surface area (Å²) in [5.41, 5.74) is 1.08. The van der Waals surface area contributed by atoms with Crippen LogP contribution in [0.4, 0.5) is 0 Å². The van der Waals surface area contributed by atoms with E-state index in [-0.39, 0.29) is 11.9 Å². The summed E-state index contributed by atoms with van der Waals surface area (Å²) in [6.45, 7) is 1.14. The average molecular weight is 375 g/mol. The fourth-order valence-corrected chi connectivity index (χ4v) is 3.77. The van der Waals surface area contributed by atoms with E-state index in [0.29, 0.717) is 36.5 Å². The Hall–Kier alpha value is -2.29. The van der Waals surface area contributed by atoms with E-state index in [1.54, 1.807) is 11.7 Å². The molecule has 1 fully saturated rings. The van der Waals surface area contributed by atoms with Gasteiger partial charge in [-0.05, 0) is 46.9 Å². The highest BCUT2D eigenvalue weighted by Crippen LogP contribution is 2.43. The summed E-state index contributed by atoms with van der Waals surface area (Å²) in [5, 5.41) is 15.2. The molecule has 1 saturated carbocycles. The minimum atomic E-state index is 0.0276. The molecule has 1 aromatic heterocycles. The molecule has 2 aromatic rings. The molecule has 2 aliphatic rings. The first kappa shape index (κ1) is 17.1. The molecular formula is C17H21N5O3S. The Morgan fingerprint density at radius 1 is 1.35 bits per heavy atom. The number of tetrazole rings is 1. The zero-order valence-corrected chi connectivity index (χ0v) is 15.4. The van der Waals surface area contributed by atoms with Gasteiger partial charge in [0.2, 0.25) is 11.1 Å². The first-order valence-electron chi connectivity index (χ1n) is 8.75. The molecule has 1 aliphatic heterocycles. The zero-order chi connectivity index (χ0) is 17.9. The standard InChI is InChI=1S/C17H21N5O3S/c1-22-17(19-20-21-22)26-9-6-15(23)18-16(11-2-3-11)12-4-5-13-14(10-12)25-8-7-24-13/h4-5,10-11,16H,2-3,6-9H2,1H3,(H,18,23)/t16-/m1/s1. The molecule has 0 saturated heterocycles. The lowest BCUT2D eigenvalue weighted by Crippen LogP contribution is -2.30. The third kappa shape index (κ3) is 3.92. The number of carbonyl (C=O) groups excluding carboxylic acids is 1. The molecule has 0 bridgehead atoms. The highest BCUT2D eigenvalue weighted by atomic mass is 32.2. The Morgan fingerprint density at radius 2 is 2.15 bits per heavy atom. The molecule has 1 atom stereocenters. The monoisotopic (exact) mass is 375 g/mol. The summed E-state index contributed by atoms with van der Waals surface area (Å²) in [6.07, 6.45) is 2.70. The van der Waals surface area contributed by atoms with Gasteiger partial charge >= 0.3 is 0 Å². The van der Waals surface area contributed by atoms with Gasteiger partial charge in [0.15, 0.2) is 11.5 Å². The number of aromatic nitrogens is 4. The molecule has 1 aromatic carbocycles. The van der Waals surface area contributed by atoms with E-state index in [4.69, 9.17) is 9.47 Å². The third-order valence-electron chi connectivity index (χ3n) is 4.48. The predicted molar refractivity (Wildman–Crippen MR) is 95.2 cm³/mol. The Labute approximate surface area is 155 Å². The third-order valence-corrected chi connectivity index (χ3v) is 5.49. The van der Waals surface area contributed by atoms with E-state index in [1.165, 1.54) is 11.8 Å². The topological polar surface area (TPSA) is 91.2 Å². The second-order valence-electron chi connectivity index (χ2n) is 6.47. The van der Waals surface area contributed by atoms with Gasteiger partial charge in [-0.2, -0.15) is 0 Å². The molecule has 8 nitrogen and oxygen atoms in total. The van der Waals surface area contributed by atoms with Crippen LogP contribution >= 0.6 is 11.8 Å². The molecular weight excluding hydrogens is 354 g/mol. The first-order chi connectivity index (χ1) is 12.7. The van der Waals surface area contributed by atoms with Crippen LogP contribution in [0.15, 0.2) is 23.4 Å². The van der Waals surface area contributed by atoms with Crippen LogP contribution in [0.3, 0.4) is 0 Å². The van der Waals surface area contributed by atoms with Crippen LogP contribution in [-0.4, -0.2) is 45.1 Å². The molecule has 0 unspecified atom stereocenters. The van der Waals surface area contributed by atoms with Crippen LogP contribution < -0.4 is 14.8 Å². The largest absolute Gasteiger partial charge is 0.486 e. The van der Waals surface area contributed by atoms with Crippen molar-refractivity contribution in [1.29, 1.82) is 0 Å². The number of fused-ring (bicyclic) bond motifs is 1. The van der Waals surface area contributed by atoms with Gasteiger partial charge < -0.3 is 14.8 Å². The van der Waals surface area contributed by atoms with E-state index in [1.807, 2.05) is 18.2 Å². The summed E-state index contributed by atoms with van der Waals surface area (Å²) in [4.78, 5) is 12.4. The minimum Gasteiger partial charge on any atom is -0.486 e. The summed E-state index contributed by atoms with van der Waals surface area (Å²) in [5.74, 6) is 2.71. The fraction of sp³-hybridized carbons (Fsp3) is 0.529. The van der Waals surface area contributed by atoms with Crippen molar-refractivity contribution in [2.45, 2.75) is 30.5 Å². The number of benzene rings is 1. The van der Waals surface area contributed by atoms with Gasteiger partial charge in [-0.25, -0.2) is 4.68 Å². The van der Waals surface area contributed by atoms with E-state index >= 15 is 0 Å². The molecule has 4 rings (SSSR count). The molecule has 0 radical (unpaired) electrons. The van der Waals surface area contributed by atoms with Crippen LogP contribution in [0.5, 0.6) is 11.5 Å². The SMILES string of the molecule is Cn1nnnc1SCCC(=O)N[C@@H](c1ccc2c(c1)OCCO2)C1CC1. The maximum absolute atomic E-state index is 12.4. The van der Waals surface area contributed by atoms with Crippen LogP contribution in [-0.2, 0) is 11.8 Å². The Balaban J connectivity index is 1.36. The molecule has 0 spiro atoms. The van der Waals surface area contributed by atoms with Gasteiger partial charge in [0.25, 0.3) is 0 Å². The summed E-state index contributed by atoms with van der Waals surface area (Å²) < 4.78 is 12.9. The number of carbonyl (C=O) groups is 1. The zero-order valence-electron chi connectivity index (χ0n) is 14.6. The molecule has 1 aliphatic carbocycles. The summed E-state index contributed by atoms with van der Waals surface area (Å²) in [7, 11) is 1.79. The highest BCUT2D eigenvalue weighted by molar-refractivity contribution is 7.99. The maximum Gasteiger partial charge on any atom is 0.221 e. The number of thioether (sulfide) groups is 1. The molecule has 1 amide bonds.